The minimum Gasteiger partial charge on any atom is -0.382 e. The molecular weight excluding hydrogens is 152 g/mol. The number of ether oxygens (including phenoxy) is 1. The first-order valence-electron chi connectivity index (χ1n) is 4.23. The SMILES string of the molecule is COC[C@@H](C(C)C)n1cccn1. The van der Waals surface area contributed by atoms with E-state index in [0.717, 1.165) is 6.61 Å². The third-order valence-electron chi connectivity index (χ3n) is 1.97. The van der Waals surface area contributed by atoms with Crippen LogP contribution in [0.2, 0.25) is 0 Å². The number of nitrogens with zero attached hydrogens (tertiary/aromatic N) is 2. The average Bonchev–Trinajstić information content (AvgIpc) is 2.51. The van der Waals surface area contributed by atoms with Gasteiger partial charge < -0.3 is 4.74 Å². The summed E-state index contributed by atoms with van der Waals surface area (Å²) in [7, 11) is 1.72. The zero-order valence-electron chi connectivity index (χ0n) is 7.90. The zero-order valence-corrected chi connectivity index (χ0v) is 7.90. The predicted molar refractivity (Wildman–Crippen MR) is 48.0 cm³/mol. The van der Waals surface area contributed by atoms with Gasteiger partial charge in [-0.15, -0.1) is 0 Å². The van der Waals surface area contributed by atoms with Gasteiger partial charge in [-0.3, -0.25) is 4.68 Å². The molecule has 0 saturated heterocycles. The molecule has 1 rings (SSSR count). The van der Waals surface area contributed by atoms with Gasteiger partial charge in [-0.2, -0.15) is 5.10 Å². The van der Waals surface area contributed by atoms with Crippen LogP contribution in [0.3, 0.4) is 0 Å². The fourth-order valence-electron chi connectivity index (χ4n) is 1.22. The lowest BCUT2D eigenvalue weighted by atomic mass is 10.1. The fourth-order valence-corrected chi connectivity index (χ4v) is 1.22. The van der Waals surface area contributed by atoms with Gasteiger partial charge in [0.2, 0.25) is 0 Å². The number of aromatic nitrogens is 2. The normalized spacial score (nSPS) is 13.7. The monoisotopic (exact) mass is 168 g/mol. The molecule has 1 aromatic heterocycles. The Morgan fingerprint density at radius 3 is 2.67 bits per heavy atom. The Morgan fingerprint density at radius 2 is 2.25 bits per heavy atom. The summed E-state index contributed by atoms with van der Waals surface area (Å²) in [5.74, 6) is 0.546. The van der Waals surface area contributed by atoms with E-state index >= 15 is 0 Å². The molecule has 0 radical (unpaired) electrons. The summed E-state index contributed by atoms with van der Waals surface area (Å²) in [4.78, 5) is 0. The van der Waals surface area contributed by atoms with Gasteiger partial charge in [0, 0.05) is 19.5 Å². The predicted octanol–water partition coefficient (Wildman–Crippen LogP) is 1.73. The highest BCUT2D eigenvalue weighted by Crippen LogP contribution is 2.15. The van der Waals surface area contributed by atoms with Gasteiger partial charge in [0.1, 0.15) is 0 Å². The van der Waals surface area contributed by atoms with Crippen LogP contribution in [0.1, 0.15) is 19.9 Å². The number of hydrogen-bond acceptors (Lipinski definition) is 2. The second-order valence-corrected chi connectivity index (χ2v) is 3.25. The molecule has 0 aliphatic rings. The third kappa shape index (κ3) is 2.08. The molecule has 0 fully saturated rings. The highest BCUT2D eigenvalue weighted by atomic mass is 16.5. The minimum absolute atomic E-state index is 0.352. The van der Waals surface area contributed by atoms with Crippen molar-refractivity contribution in [3.8, 4) is 0 Å². The van der Waals surface area contributed by atoms with E-state index in [1.165, 1.54) is 0 Å². The third-order valence-corrected chi connectivity index (χ3v) is 1.97. The maximum atomic E-state index is 5.13. The molecular formula is C9H16N2O. The van der Waals surface area contributed by atoms with Crippen molar-refractivity contribution < 1.29 is 4.74 Å². The average molecular weight is 168 g/mol. The second kappa shape index (κ2) is 4.26. The summed E-state index contributed by atoms with van der Waals surface area (Å²) >= 11 is 0. The van der Waals surface area contributed by atoms with Gasteiger partial charge in [-0.1, -0.05) is 13.8 Å². The van der Waals surface area contributed by atoms with Crippen LogP contribution in [0.4, 0.5) is 0 Å². The largest absolute Gasteiger partial charge is 0.382 e. The Labute approximate surface area is 73.3 Å². The standard InChI is InChI=1S/C9H16N2O/c1-8(2)9(7-12-3)11-6-4-5-10-11/h4-6,8-9H,7H2,1-3H3/t9-/m0/s1. The molecule has 3 nitrogen and oxygen atoms in total. The lowest BCUT2D eigenvalue weighted by Gasteiger charge is -2.20. The van der Waals surface area contributed by atoms with Crippen LogP contribution in [-0.2, 0) is 4.74 Å². The van der Waals surface area contributed by atoms with Crippen molar-refractivity contribution in [2.24, 2.45) is 5.92 Å². The molecule has 0 saturated carbocycles. The molecule has 0 unspecified atom stereocenters. The Hall–Kier alpha value is -0.830. The van der Waals surface area contributed by atoms with E-state index in [1.54, 1.807) is 13.3 Å². The summed E-state index contributed by atoms with van der Waals surface area (Å²) in [6.07, 6.45) is 3.77. The molecule has 12 heavy (non-hydrogen) atoms. The molecule has 0 N–H and O–H groups in total. The molecule has 0 spiro atoms. The van der Waals surface area contributed by atoms with E-state index in [0.29, 0.717) is 12.0 Å². The molecule has 1 aromatic rings. The van der Waals surface area contributed by atoms with Crippen molar-refractivity contribution in [3.05, 3.63) is 18.5 Å². The van der Waals surface area contributed by atoms with E-state index < -0.39 is 0 Å². The van der Waals surface area contributed by atoms with E-state index in [4.69, 9.17) is 4.74 Å². The van der Waals surface area contributed by atoms with Crippen molar-refractivity contribution in [2.45, 2.75) is 19.9 Å². The molecule has 0 aromatic carbocycles. The number of rotatable bonds is 4. The van der Waals surface area contributed by atoms with Crippen molar-refractivity contribution in [1.29, 1.82) is 0 Å². The van der Waals surface area contributed by atoms with Gasteiger partial charge in [0.25, 0.3) is 0 Å². The smallest absolute Gasteiger partial charge is 0.0775 e. The van der Waals surface area contributed by atoms with Crippen LogP contribution in [0.15, 0.2) is 18.5 Å². The van der Waals surface area contributed by atoms with Crippen LogP contribution in [0.25, 0.3) is 0 Å². The molecule has 1 atom stereocenters. The van der Waals surface area contributed by atoms with E-state index in [2.05, 4.69) is 18.9 Å². The molecule has 0 aliphatic heterocycles. The quantitative estimate of drug-likeness (QED) is 0.684. The molecule has 68 valence electrons. The van der Waals surface area contributed by atoms with E-state index in [-0.39, 0.29) is 0 Å². The van der Waals surface area contributed by atoms with Gasteiger partial charge in [-0.25, -0.2) is 0 Å². The van der Waals surface area contributed by atoms with E-state index in [1.807, 2.05) is 16.9 Å². The Balaban J connectivity index is 2.66. The van der Waals surface area contributed by atoms with Crippen molar-refractivity contribution in [2.75, 3.05) is 13.7 Å². The molecule has 0 bridgehead atoms. The first kappa shape index (κ1) is 9.26. The van der Waals surface area contributed by atoms with Gasteiger partial charge >= 0.3 is 0 Å². The van der Waals surface area contributed by atoms with Crippen molar-refractivity contribution in [3.63, 3.8) is 0 Å². The molecule has 3 heteroatoms. The molecule has 0 amide bonds. The van der Waals surface area contributed by atoms with Crippen LogP contribution in [0.5, 0.6) is 0 Å². The fraction of sp³-hybridized carbons (Fsp3) is 0.667. The van der Waals surface area contributed by atoms with Crippen LogP contribution in [0, 0.1) is 5.92 Å². The summed E-state index contributed by atoms with van der Waals surface area (Å²) < 4.78 is 7.08. The van der Waals surface area contributed by atoms with Gasteiger partial charge in [0.15, 0.2) is 0 Å². The van der Waals surface area contributed by atoms with Crippen molar-refractivity contribution in [1.82, 2.24) is 9.78 Å². The minimum atomic E-state index is 0.352. The lowest BCUT2D eigenvalue weighted by Crippen LogP contribution is -2.20. The number of methoxy groups -OCH3 is 1. The summed E-state index contributed by atoms with van der Waals surface area (Å²) in [5, 5.41) is 4.19. The Kier molecular flexibility index (Phi) is 3.29. The highest BCUT2D eigenvalue weighted by molar-refractivity contribution is 4.82. The Morgan fingerprint density at radius 1 is 1.50 bits per heavy atom. The van der Waals surface area contributed by atoms with Gasteiger partial charge in [-0.05, 0) is 12.0 Å². The summed E-state index contributed by atoms with van der Waals surface area (Å²) in [6.45, 7) is 5.07. The van der Waals surface area contributed by atoms with Crippen molar-refractivity contribution >= 4 is 0 Å². The van der Waals surface area contributed by atoms with Crippen LogP contribution < -0.4 is 0 Å². The maximum absolute atomic E-state index is 5.13. The van der Waals surface area contributed by atoms with Gasteiger partial charge in [0.05, 0.1) is 12.6 Å². The van der Waals surface area contributed by atoms with Crippen LogP contribution >= 0.6 is 0 Å². The second-order valence-electron chi connectivity index (χ2n) is 3.25. The summed E-state index contributed by atoms with van der Waals surface area (Å²) in [6, 6.07) is 2.29. The summed E-state index contributed by atoms with van der Waals surface area (Å²) in [5.41, 5.74) is 0. The maximum Gasteiger partial charge on any atom is 0.0775 e. The molecule has 1 heterocycles. The highest BCUT2D eigenvalue weighted by Gasteiger charge is 2.14. The first-order valence-corrected chi connectivity index (χ1v) is 4.23. The Bertz CT molecular complexity index is 206. The first-order chi connectivity index (χ1) is 5.75. The zero-order chi connectivity index (χ0) is 8.97. The molecule has 0 aliphatic carbocycles. The lowest BCUT2D eigenvalue weighted by molar-refractivity contribution is 0.126. The van der Waals surface area contributed by atoms with Crippen LogP contribution in [-0.4, -0.2) is 23.5 Å². The topological polar surface area (TPSA) is 27.1 Å². The number of hydrogen-bond donors (Lipinski definition) is 0. The van der Waals surface area contributed by atoms with E-state index in [9.17, 15) is 0 Å².